The van der Waals surface area contributed by atoms with Crippen molar-refractivity contribution in [1.82, 2.24) is 4.90 Å². The Balaban J connectivity index is 2.30. The van der Waals surface area contributed by atoms with Crippen molar-refractivity contribution in [3.63, 3.8) is 0 Å². The average molecular weight is 360 g/mol. The zero-order chi connectivity index (χ0) is 19.5. The molecule has 1 aromatic rings. The fourth-order valence-corrected chi connectivity index (χ4v) is 3.30. The van der Waals surface area contributed by atoms with Gasteiger partial charge < -0.3 is 9.64 Å². The molecule has 2 rings (SSSR count). The number of benzene rings is 1. The SMILES string of the molecule is CCCC(=O)N(C1CC(=O)N(c2ccc(OCC)cc2)C1=O)C(C)(C)C. The highest BCUT2D eigenvalue weighted by Crippen LogP contribution is 2.31. The molecule has 0 N–H and O–H groups in total. The van der Waals surface area contributed by atoms with Crippen LogP contribution in [0.2, 0.25) is 0 Å². The first-order valence-corrected chi connectivity index (χ1v) is 9.12. The summed E-state index contributed by atoms with van der Waals surface area (Å²) in [5.74, 6) is -0.0534. The molecule has 1 fully saturated rings. The van der Waals surface area contributed by atoms with E-state index in [0.29, 0.717) is 30.9 Å². The molecule has 1 aromatic carbocycles. The van der Waals surface area contributed by atoms with E-state index in [4.69, 9.17) is 4.74 Å². The van der Waals surface area contributed by atoms with Crippen LogP contribution in [0, 0.1) is 0 Å². The molecule has 3 amide bonds. The zero-order valence-electron chi connectivity index (χ0n) is 16.2. The molecule has 6 heteroatoms. The van der Waals surface area contributed by atoms with Gasteiger partial charge in [0.25, 0.3) is 5.91 Å². The molecule has 142 valence electrons. The average Bonchev–Trinajstić information content (AvgIpc) is 2.82. The molecule has 1 aliphatic heterocycles. The minimum Gasteiger partial charge on any atom is -0.494 e. The molecule has 0 aromatic heterocycles. The van der Waals surface area contributed by atoms with Gasteiger partial charge in [-0.1, -0.05) is 6.92 Å². The van der Waals surface area contributed by atoms with E-state index in [1.807, 2.05) is 34.6 Å². The minimum atomic E-state index is -0.756. The summed E-state index contributed by atoms with van der Waals surface area (Å²) in [7, 11) is 0. The lowest BCUT2D eigenvalue weighted by atomic mass is 10.0. The van der Waals surface area contributed by atoms with Crippen LogP contribution in [-0.2, 0) is 14.4 Å². The quantitative estimate of drug-likeness (QED) is 0.731. The summed E-state index contributed by atoms with van der Waals surface area (Å²) < 4.78 is 5.40. The number of amides is 3. The fourth-order valence-electron chi connectivity index (χ4n) is 3.30. The van der Waals surface area contributed by atoms with E-state index in [0.717, 1.165) is 0 Å². The van der Waals surface area contributed by atoms with Crippen molar-refractivity contribution in [1.29, 1.82) is 0 Å². The van der Waals surface area contributed by atoms with Crippen molar-refractivity contribution < 1.29 is 19.1 Å². The third kappa shape index (κ3) is 4.06. The fraction of sp³-hybridized carbons (Fsp3) is 0.550. The lowest BCUT2D eigenvalue weighted by Crippen LogP contribution is -2.54. The van der Waals surface area contributed by atoms with Crippen LogP contribution in [0.1, 0.15) is 53.9 Å². The van der Waals surface area contributed by atoms with E-state index in [-0.39, 0.29) is 24.1 Å². The van der Waals surface area contributed by atoms with Crippen LogP contribution in [0.25, 0.3) is 0 Å². The highest BCUT2D eigenvalue weighted by atomic mass is 16.5. The second-order valence-electron chi connectivity index (χ2n) is 7.40. The molecule has 1 heterocycles. The Morgan fingerprint density at radius 1 is 1.19 bits per heavy atom. The summed E-state index contributed by atoms with van der Waals surface area (Å²) in [6, 6.07) is 6.09. The van der Waals surface area contributed by atoms with Crippen molar-refractivity contribution in [3.8, 4) is 5.75 Å². The molecule has 1 atom stereocenters. The summed E-state index contributed by atoms with van der Waals surface area (Å²) in [6.07, 6.45) is 1.07. The topological polar surface area (TPSA) is 66.9 Å². The van der Waals surface area contributed by atoms with Crippen molar-refractivity contribution >= 4 is 23.4 Å². The molecule has 0 bridgehead atoms. The largest absolute Gasteiger partial charge is 0.494 e. The number of imide groups is 1. The van der Waals surface area contributed by atoms with E-state index in [1.54, 1.807) is 29.2 Å². The Hall–Kier alpha value is -2.37. The molecule has 1 saturated heterocycles. The van der Waals surface area contributed by atoms with E-state index in [9.17, 15) is 14.4 Å². The monoisotopic (exact) mass is 360 g/mol. The third-order valence-corrected chi connectivity index (χ3v) is 4.30. The Morgan fingerprint density at radius 3 is 2.31 bits per heavy atom. The maximum absolute atomic E-state index is 13.0. The van der Waals surface area contributed by atoms with Crippen molar-refractivity contribution in [2.24, 2.45) is 0 Å². The molecule has 0 radical (unpaired) electrons. The maximum Gasteiger partial charge on any atom is 0.257 e. The van der Waals surface area contributed by atoms with Gasteiger partial charge in [-0.3, -0.25) is 14.4 Å². The van der Waals surface area contributed by atoms with Crippen LogP contribution >= 0.6 is 0 Å². The summed E-state index contributed by atoms with van der Waals surface area (Å²) >= 11 is 0. The number of carbonyl (C=O) groups excluding carboxylic acids is 3. The Morgan fingerprint density at radius 2 is 1.81 bits per heavy atom. The Kier molecular flexibility index (Phi) is 6.05. The van der Waals surface area contributed by atoms with Crippen molar-refractivity contribution in [2.45, 2.75) is 65.5 Å². The number of nitrogens with zero attached hydrogens (tertiary/aromatic N) is 2. The van der Waals surface area contributed by atoms with Crippen LogP contribution in [0.4, 0.5) is 5.69 Å². The smallest absolute Gasteiger partial charge is 0.257 e. The minimum absolute atomic E-state index is 0.0127. The van der Waals surface area contributed by atoms with Crippen LogP contribution < -0.4 is 9.64 Å². The lowest BCUT2D eigenvalue weighted by molar-refractivity contribution is -0.144. The van der Waals surface area contributed by atoms with Gasteiger partial charge in [0.1, 0.15) is 11.8 Å². The van der Waals surface area contributed by atoms with Crippen LogP contribution in [0.3, 0.4) is 0 Å². The zero-order valence-corrected chi connectivity index (χ0v) is 16.2. The van der Waals surface area contributed by atoms with Gasteiger partial charge in [-0.15, -0.1) is 0 Å². The second-order valence-corrected chi connectivity index (χ2v) is 7.40. The van der Waals surface area contributed by atoms with Gasteiger partial charge in [0, 0.05) is 12.0 Å². The van der Waals surface area contributed by atoms with Gasteiger partial charge in [0.05, 0.1) is 18.7 Å². The van der Waals surface area contributed by atoms with E-state index in [1.165, 1.54) is 4.90 Å². The highest BCUT2D eigenvalue weighted by molar-refractivity contribution is 6.23. The van der Waals surface area contributed by atoms with Gasteiger partial charge in [-0.2, -0.15) is 0 Å². The Bertz CT molecular complexity index is 676. The molecule has 0 aliphatic carbocycles. The molecular formula is C20H28N2O4. The first-order valence-electron chi connectivity index (χ1n) is 9.12. The first kappa shape index (κ1) is 19.9. The van der Waals surface area contributed by atoms with Gasteiger partial charge >= 0.3 is 0 Å². The van der Waals surface area contributed by atoms with Crippen LogP contribution in [0.5, 0.6) is 5.75 Å². The molecule has 1 aliphatic rings. The summed E-state index contributed by atoms with van der Waals surface area (Å²) in [6.45, 7) is 10.0. The highest BCUT2D eigenvalue weighted by Gasteiger charge is 2.47. The molecule has 26 heavy (non-hydrogen) atoms. The van der Waals surface area contributed by atoms with Gasteiger partial charge in [0.2, 0.25) is 11.8 Å². The van der Waals surface area contributed by atoms with E-state index < -0.39 is 11.6 Å². The molecular weight excluding hydrogens is 332 g/mol. The van der Waals surface area contributed by atoms with Crippen molar-refractivity contribution in [3.05, 3.63) is 24.3 Å². The molecule has 1 unspecified atom stereocenters. The Labute approximate surface area is 155 Å². The number of hydrogen-bond donors (Lipinski definition) is 0. The number of ether oxygens (including phenoxy) is 1. The van der Waals surface area contributed by atoms with Gasteiger partial charge in [-0.25, -0.2) is 4.90 Å². The third-order valence-electron chi connectivity index (χ3n) is 4.30. The summed E-state index contributed by atoms with van der Waals surface area (Å²) in [4.78, 5) is 40.9. The molecule has 0 saturated carbocycles. The predicted octanol–water partition coefficient (Wildman–Crippen LogP) is 3.14. The van der Waals surface area contributed by atoms with Crippen LogP contribution in [-0.4, -0.2) is 40.8 Å². The molecule has 6 nitrogen and oxygen atoms in total. The van der Waals surface area contributed by atoms with Crippen LogP contribution in [0.15, 0.2) is 24.3 Å². The van der Waals surface area contributed by atoms with E-state index in [2.05, 4.69) is 0 Å². The van der Waals surface area contributed by atoms with E-state index >= 15 is 0 Å². The summed E-state index contributed by atoms with van der Waals surface area (Å²) in [5.41, 5.74) is -0.0374. The number of rotatable bonds is 6. The standard InChI is InChI=1S/C20H28N2O4/c1-6-8-17(23)22(20(3,4)5)16-13-18(24)21(19(16)25)14-9-11-15(12-10-14)26-7-2/h9-12,16H,6-8,13H2,1-5H3. The second kappa shape index (κ2) is 7.89. The number of hydrogen-bond acceptors (Lipinski definition) is 4. The first-order chi connectivity index (χ1) is 12.2. The predicted molar refractivity (Wildman–Crippen MR) is 100 cm³/mol. The summed E-state index contributed by atoms with van der Waals surface area (Å²) in [5, 5.41) is 0. The maximum atomic E-state index is 13.0. The molecule has 0 spiro atoms. The van der Waals surface area contributed by atoms with Gasteiger partial charge in [-0.05, 0) is 58.4 Å². The number of anilines is 1. The number of carbonyl (C=O) groups is 3. The van der Waals surface area contributed by atoms with Crippen molar-refractivity contribution in [2.75, 3.05) is 11.5 Å². The van der Waals surface area contributed by atoms with Gasteiger partial charge in [0.15, 0.2) is 0 Å². The lowest BCUT2D eigenvalue weighted by Gasteiger charge is -2.39. The normalized spacial score (nSPS) is 17.6.